The predicted molar refractivity (Wildman–Crippen MR) is 76.8 cm³/mol. The first-order valence-electron chi connectivity index (χ1n) is 6.11. The van der Waals surface area contributed by atoms with Gasteiger partial charge in [-0.15, -0.1) is 0 Å². The normalized spacial score (nSPS) is 15.8. The lowest BCUT2D eigenvalue weighted by Gasteiger charge is -2.28. The molecule has 0 N–H and O–H groups in total. The van der Waals surface area contributed by atoms with Gasteiger partial charge in [0.1, 0.15) is 5.82 Å². The summed E-state index contributed by atoms with van der Waals surface area (Å²) in [5, 5.41) is 0.911. The van der Waals surface area contributed by atoms with Crippen LogP contribution >= 0.6 is 15.9 Å². The van der Waals surface area contributed by atoms with Crippen molar-refractivity contribution < 1.29 is 9.47 Å². The number of ether oxygens (including phenoxy) is 2. The third kappa shape index (κ3) is 2.50. The molecular weight excluding hydrogens is 310 g/mol. The number of anilines is 1. The van der Waals surface area contributed by atoms with Crippen LogP contribution in [0, 0.1) is 0 Å². The highest BCUT2D eigenvalue weighted by molar-refractivity contribution is 9.10. The monoisotopic (exact) mass is 323 g/mol. The minimum absolute atomic E-state index is 0.604. The number of rotatable bonds is 2. The zero-order valence-corrected chi connectivity index (χ0v) is 12.2. The van der Waals surface area contributed by atoms with Crippen LogP contribution in [0.25, 0.3) is 10.9 Å². The molecule has 0 amide bonds. The van der Waals surface area contributed by atoms with Gasteiger partial charge in [0.2, 0.25) is 5.88 Å². The van der Waals surface area contributed by atoms with Crippen LogP contribution in [-0.4, -0.2) is 43.4 Å². The molecule has 2 aromatic heterocycles. The van der Waals surface area contributed by atoms with Crippen molar-refractivity contribution >= 4 is 32.7 Å². The van der Waals surface area contributed by atoms with E-state index < -0.39 is 0 Å². The number of morpholine rings is 1. The summed E-state index contributed by atoms with van der Waals surface area (Å²) in [6.45, 7) is 3.15. The molecular formula is C13H14BrN3O2. The molecule has 6 heteroatoms. The molecule has 1 saturated heterocycles. The maximum absolute atomic E-state index is 5.38. The second-order valence-corrected chi connectivity index (χ2v) is 5.23. The van der Waals surface area contributed by atoms with Crippen molar-refractivity contribution in [3.63, 3.8) is 0 Å². The van der Waals surface area contributed by atoms with Gasteiger partial charge in [-0.05, 0) is 22.0 Å². The number of pyridine rings is 2. The van der Waals surface area contributed by atoms with Gasteiger partial charge in [-0.3, -0.25) is 4.98 Å². The number of hydrogen-bond acceptors (Lipinski definition) is 5. The zero-order valence-electron chi connectivity index (χ0n) is 10.6. The number of hydrogen-bond donors (Lipinski definition) is 0. The zero-order chi connectivity index (χ0) is 13.2. The Hall–Kier alpha value is -1.40. The van der Waals surface area contributed by atoms with E-state index in [2.05, 4.69) is 30.8 Å². The summed E-state index contributed by atoms with van der Waals surface area (Å²) in [5.41, 5.74) is 0.886. The minimum atomic E-state index is 0.604. The maximum atomic E-state index is 5.38. The topological polar surface area (TPSA) is 47.5 Å². The number of aromatic nitrogens is 2. The Morgan fingerprint density at radius 1 is 1.32 bits per heavy atom. The summed E-state index contributed by atoms with van der Waals surface area (Å²) in [4.78, 5) is 11.2. The van der Waals surface area contributed by atoms with E-state index in [0.29, 0.717) is 5.88 Å². The molecule has 0 aromatic carbocycles. The van der Waals surface area contributed by atoms with Gasteiger partial charge in [0.15, 0.2) is 0 Å². The van der Waals surface area contributed by atoms with E-state index in [9.17, 15) is 0 Å². The second kappa shape index (κ2) is 5.30. The Bertz CT molecular complexity index is 600. The molecule has 2 aromatic rings. The molecule has 0 unspecified atom stereocenters. The SMILES string of the molecule is COc1nc(N2CCOCC2)cc2ncc(Br)cc12. The average molecular weight is 324 g/mol. The fourth-order valence-corrected chi connectivity index (χ4v) is 2.50. The fraction of sp³-hybridized carbons (Fsp3) is 0.385. The molecule has 0 bridgehead atoms. The van der Waals surface area contributed by atoms with Gasteiger partial charge in [-0.25, -0.2) is 0 Å². The second-order valence-electron chi connectivity index (χ2n) is 4.31. The number of fused-ring (bicyclic) bond motifs is 1. The molecule has 5 nitrogen and oxygen atoms in total. The third-order valence-corrected chi connectivity index (χ3v) is 3.56. The van der Waals surface area contributed by atoms with Gasteiger partial charge < -0.3 is 14.4 Å². The quantitative estimate of drug-likeness (QED) is 0.848. The van der Waals surface area contributed by atoms with Crippen LogP contribution in [-0.2, 0) is 4.74 Å². The summed E-state index contributed by atoms with van der Waals surface area (Å²) in [6.07, 6.45) is 1.78. The van der Waals surface area contributed by atoms with E-state index in [1.807, 2.05) is 12.1 Å². The van der Waals surface area contributed by atoms with Crippen molar-refractivity contribution in [2.24, 2.45) is 0 Å². The van der Waals surface area contributed by atoms with Crippen molar-refractivity contribution in [1.29, 1.82) is 0 Å². The average Bonchev–Trinajstić information content (AvgIpc) is 2.47. The van der Waals surface area contributed by atoms with Crippen LogP contribution in [0.15, 0.2) is 22.8 Å². The molecule has 1 aliphatic rings. The third-order valence-electron chi connectivity index (χ3n) is 3.13. The van der Waals surface area contributed by atoms with E-state index in [0.717, 1.165) is 47.5 Å². The van der Waals surface area contributed by atoms with E-state index in [4.69, 9.17) is 9.47 Å². The molecule has 1 aliphatic heterocycles. The molecule has 0 aliphatic carbocycles. The summed E-state index contributed by atoms with van der Waals surface area (Å²) >= 11 is 3.42. The van der Waals surface area contributed by atoms with Crippen molar-refractivity contribution in [2.75, 3.05) is 38.3 Å². The van der Waals surface area contributed by atoms with Crippen LogP contribution in [0.4, 0.5) is 5.82 Å². The van der Waals surface area contributed by atoms with Gasteiger partial charge in [0.25, 0.3) is 0 Å². The molecule has 3 rings (SSSR count). The first-order valence-corrected chi connectivity index (χ1v) is 6.90. The van der Waals surface area contributed by atoms with Crippen LogP contribution in [0.1, 0.15) is 0 Å². The standard InChI is InChI=1S/C13H14BrN3O2/c1-18-13-10-6-9(14)8-15-11(10)7-12(16-13)17-2-4-19-5-3-17/h6-8H,2-5H2,1H3. The van der Waals surface area contributed by atoms with Crippen LogP contribution in [0.2, 0.25) is 0 Å². The molecule has 0 saturated carbocycles. The van der Waals surface area contributed by atoms with Crippen molar-refractivity contribution in [1.82, 2.24) is 9.97 Å². The molecule has 19 heavy (non-hydrogen) atoms. The Morgan fingerprint density at radius 2 is 2.11 bits per heavy atom. The Labute approximate surface area is 119 Å². The molecule has 0 atom stereocenters. The molecule has 100 valence electrons. The summed E-state index contributed by atoms with van der Waals surface area (Å²) in [5.74, 6) is 1.50. The summed E-state index contributed by atoms with van der Waals surface area (Å²) in [7, 11) is 1.63. The maximum Gasteiger partial charge on any atom is 0.224 e. The lowest BCUT2D eigenvalue weighted by atomic mass is 10.2. The Balaban J connectivity index is 2.08. The lowest BCUT2D eigenvalue weighted by molar-refractivity contribution is 0.122. The first kappa shape index (κ1) is 12.6. The fourth-order valence-electron chi connectivity index (χ4n) is 2.17. The van der Waals surface area contributed by atoms with Crippen molar-refractivity contribution in [2.45, 2.75) is 0 Å². The predicted octanol–water partition coefficient (Wildman–Crippen LogP) is 2.24. The van der Waals surface area contributed by atoms with Gasteiger partial charge in [-0.1, -0.05) is 0 Å². The summed E-state index contributed by atoms with van der Waals surface area (Å²) in [6, 6.07) is 3.97. The van der Waals surface area contributed by atoms with Crippen molar-refractivity contribution in [3.05, 3.63) is 22.8 Å². The Kier molecular flexibility index (Phi) is 3.52. The molecule has 3 heterocycles. The highest BCUT2D eigenvalue weighted by Gasteiger charge is 2.16. The first-order chi connectivity index (χ1) is 9.28. The minimum Gasteiger partial charge on any atom is -0.480 e. The molecule has 0 spiro atoms. The number of halogens is 1. The van der Waals surface area contributed by atoms with Gasteiger partial charge in [0.05, 0.1) is 31.2 Å². The number of methoxy groups -OCH3 is 1. The van der Waals surface area contributed by atoms with Gasteiger partial charge in [-0.2, -0.15) is 4.98 Å². The Morgan fingerprint density at radius 3 is 2.84 bits per heavy atom. The van der Waals surface area contributed by atoms with Crippen LogP contribution in [0.5, 0.6) is 5.88 Å². The van der Waals surface area contributed by atoms with Crippen molar-refractivity contribution in [3.8, 4) is 5.88 Å². The van der Waals surface area contributed by atoms with Gasteiger partial charge in [0, 0.05) is 29.8 Å². The smallest absolute Gasteiger partial charge is 0.224 e. The van der Waals surface area contributed by atoms with E-state index >= 15 is 0 Å². The van der Waals surface area contributed by atoms with Crippen LogP contribution < -0.4 is 9.64 Å². The van der Waals surface area contributed by atoms with E-state index in [1.54, 1.807) is 13.3 Å². The van der Waals surface area contributed by atoms with Crippen LogP contribution in [0.3, 0.4) is 0 Å². The lowest BCUT2D eigenvalue weighted by Crippen LogP contribution is -2.36. The van der Waals surface area contributed by atoms with Gasteiger partial charge >= 0.3 is 0 Å². The van der Waals surface area contributed by atoms with E-state index in [-0.39, 0.29) is 0 Å². The molecule has 0 radical (unpaired) electrons. The highest BCUT2D eigenvalue weighted by atomic mass is 79.9. The highest BCUT2D eigenvalue weighted by Crippen LogP contribution is 2.29. The number of nitrogens with zero attached hydrogens (tertiary/aromatic N) is 3. The molecule has 1 fully saturated rings. The largest absolute Gasteiger partial charge is 0.480 e. The summed E-state index contributed by atoms with van der Waals surface area (Å²) < 4.78 is 11.7. The van der Waals surface area contributed by atoms with E-state index in [1.165, 1.54) is 0 Å².